The standard InChI is InChI=1S/C15H16N2O4S2/c1-11-9-12-5-2-3-8-15(12)17(11)23(20,21)14-7-4-6-13(10-14)22(16,18)19/h2-8,10-11H,9H2,1H3,(H2,16,18,19). The second-order valence-corrected chi connectivity index (χ2v) is 8.88. The molecule has 0 aliphatic carbocycles. The molecule has 1 aliphatic heterocycles. The molecule has 0 aromatic heterocycles. The van der Waals surface area contributed by atoms with Gasteiger partial charge in [-0.15, -0.1) is 0 Å². The first-order valence-electron chi connectivity index (χ1n) is 6.96. The summed E-state index contributed by atoms with van der Waals surface area (Å²) < 4.78 is 50.2. The van der Waals surface area contributed by atoms with Crippen LogP contribution in [0.15, 0.2) is 58.3 Å². The zero-order valence-electron chi connectivity index (χ0n) is 12.4. The highest BCUT2D eigenvalue weighted by Crippen LogP contribution is 2.36. The topological polar surface area (TPSA) is 97.5 Å². The minimum atomic E-state index is -3.97. The van der Waals surface area contributed by atoms with Crippen LogP contribution in [0, 0.1) is 0 Å². The van der Waals surface area contributed by atoms with Gasteiger partial charge in [-0.2, -0.15) is 0 Å². The highest BCUT2D eigenvalue weighted by molar-refractivity contribution is 7.93. The quantitative estimate of drug-likeness (QED) is 0.904. The van der Waals surface area contributed by atoms with E-state index in [0.717, 1.165) is 11.6 Å². The normalized spacial score (nSPS) is 18.0. The minimum absolute atomic E-state index is 0.0902. The van der Waals surface area contributed by atoms with Crippen LogP contribution in [0.1, 0.15) is 12.5 Å². The maximum Gasteiger partial charge on any atom is 0.264 e. The van der Waals surface area contributed by atoms with Gasteiger partial charge in [-0.3, -0.25) is 4.31 Å². The van der Waals surface area contributed by atoms with Gasteiger partial charge in [-0.25, -0.2) is 22.0 Å². The van der Waals surface area contributed by atoms with Gasteiger partial charge in [0.15, 0.2) is 0 Å². The van der Waals surface area contributed by atoms with Crippen molar-refractivity contribution in [2.75, 3.05) is 4.31 Å². The molecule has 0 amide bonds. The fraction of sp³-hybridized carbons (Fsp3) is 0.200. The van der Waals surface area contributed by atoms with Crippen molar-refractivity contribution in [1.82, 2.24) is 0 Å². The van der Waals surface area contributed by atoms with Crippen molar-refractivity contribution in [3.63, 3.8) is 0 Å². The summed E-state index contributed by atoms with van der Waals surface area (Å²) in [5.41, 5.74) is 1.58. The summed E-state index contributed by atoms with van der Waals surface area (Å²) in [4.78, 5) is -0.314. The van der Waals surface area contributed by atoms with E-state index in [1.165, 1.54) is 22.5 Å². The lowest BCUT2D eigenvalue weighted by atomic mass is 10.1. The van der Waals surface area contributed by atoms with Crippen LogP contribution >= 0.6 is 0 Å². The molecule has 3 rings (SSSR count). The zero-order valence-corrected chi connectivity index (χ0v) is 14.0. The molecule has 0 fully saturated rings. The van der Waals surface area contributed by atoms with Crippen molar-refractivity contribution >= 4 is 25.7 Å². The summed E-state index contributed by atoms with van der Waals surface area (Å²) in [6.07, 6.45) is 0.615. The van der Waals surface area contributed by atoms with Crippen molar-refractivity contribution in [2.45, 2.75) is 29.2 Å². The van der Waals surface area contributed by atoms with E-state index < -0.39 is 20.0 Å². The van der Waals surface area contributed by atoms with Crippen LogP contribution in [-0.4, -0.2) is 22.9 Å². The summed E-state index contributed by atoms with van der Waals surface area (Å²) in [5, 5.41) is 5.09. The Morgan fingerprint density at radius 3 is 2.35 bits per heavy atom. The van der Waals surface area contributed by atoms with Gasteiger partial charge >= 0.3 is 0 Å². The second-order valence-electron chi connectivity index (χ2n) is 5.50. The van der Waals surface area contributed by atoms with Gasteiger partial charge in [-0.1, -0.05) is 24.3 Å². The Morgan fingerprint density at radius 1 is 1.00 bits per heavy atom. The van der Waals surface area contributed by atoms with Crippen molar-refractivity contribution < 1.29 is 16.8 Å². The first-order valence-corrected chi connectivity index (χ1v) is 9.95. The summed E-state index contributed by atoms with van der Waals surface area (Å²) >= 11 is 0. The molecule has 0 bridgehead atoms. The lowest BCUT2D eigenvalue weighted by molar-refractivity contribution is 0.584. The van der Waals surface area contributed by atoms with Crippen molar-refractivity contribution in [1.29, 1.82) is 0 Å². The molecule has 2 aromatic carbocycles. The van der Waals surface area contributed by atoms with Crippen LogP contribution in [0.5, 0.6) is 0 Å². The Morgan fingerprint density at radius 2 is 1.65 bits per heavy atom. The van der Waals surface area contributed by atoms with Crippen LogP contribution in [0.2, 0.25) is 0 Å². The molecule has 23 heavy (non-hydrogen) atoms. The number of primary sulfonamides is 1. The van der Waals surface area contributed by atoms with Crippen LogP contribution in [-0.2, 0) is 26.5 Å². The number of benzene rings is 2. The van der Waals surface area contributed by atoms with Gasteiger partial charge in [0.05, 0.1) is 15.5 Å². The van der Waals surface area contributed by atoms with Crippen LogP contribution in [0.3, 0.4) is 0 Å². The number of hydrogen-bond donors (Lipinski definition) is 1. The molecule has 6 nitrogen and oxygen atoms in total. The largest absolute Gasteiger partial charge is 0.264 e. The number of hydrogen-bond acceptors (Lipinski definition) is 4. The first-order chi connectivity index (χ1) is 10.7. The number of fused-ring (bicyclic) bond motifs is 1. The van der Waals surface area contributed by atoms with E-state index in [2.05, 4.69) is 0 Å². The van der Waals surface area contributed by atoms with Crippen molar-refractivity contribution in [3.05, 3.63) is 54.1 Å². The number of rotatable bonds is 3. The number of nitrogens with two attached hydrogens (primary N) is 1. The third-order valence-corrected chi connectivity index (χ3v) is 6.67. The van der Waals surface area contributed by atoms with Gasteiger partial charge in [0, 0.05) is 6.04 Å². The summed E-state index contributed by atoms with van der Waals surface area (Å²) in [6.45, 7) is 1.82. The van der Waals surface area contributed by atoms with E-state index in [4.69, 9.17) is 5.14 Å². The highest BCUT2D eigenvalue weighted by Gasteiger charge is 2.36. The summed E-state index contributed by atoms with van der Waals surface area (Å²) in [6, 6.07) is 12.2. The van der Waals surface area contributed by atoms with Gasteiger partial charge in [0.2, 0.25) is 10.0 Å². The van der Waals surface area contributed by atoms with E-state index in [-0.39, 0.29) is 15.8 Å². The van der Waals surface area contributed by atoms with Crippen molar-refractivity contribution in [2.24, 2.45) is 5.14 Å². The molecule has 0 saturated carbocycles. The third kappa shape index (κ3) is 2.73. The Kier molecular flexibility index (Phi) is 3.70. The average Bonchev–Trinajstić information content (AvgIpc) is 2.83. The Balaban J connectivity index is 2.13. The molecule has 1 heterocycles. The maximum absolute atomic E-state index is 13.0. The van der Waals surface area contributed by atoms with Crippen LogP contribution < -0.4 is 9.44 Å². The SMILES string of the molecule is CC1Cc2ccccc2N1S(=O)(=O)c1cccc(S(N)(=O)=O)c1. The first kappa shape index (κ1) is 16.0. The molecule has 1 aliphatic rings. The Hall–Kier alpha value is -1.90. The number of nitrogens with zero attached hydrogens (tertiary/aromatic N) is 1. The van der Waals surface area contributed by atoms with Gasteiger partial charge in [0.25, 0.3) is 10.0 Å². The Labute approximate surface area is 135 Å². The summed E-state index contributed by atoms with van der Waals surface area (Å²) in [7, 11) is -7.84. The molecule has 0 radical (unpaired) electrons. The Bertz CT molecular complexity index is 968. The monoisotopic (exact) mass is 352 g/mol. The molecule has 8 heteroatoms. The molecule has 1 unspecified atom stereocenters. The van der Waals surface area contributed by atoms with Gasteiger partial charge in [0.1, 0.15) is 0 Å². The number of para-hydroxylation sites is 1. The van der Waals surface area contributed by atoms with Crippen LogP contribution in [0.4, 0.5) is 5.69 Å². The molecule has 122 valence electrons. The fourth-order valence-corrected chi connectivity index (χ4v) is 5.20. The van der Waals surface area contributed by atoms with E-state index in [9.17, 15) is 16.8 Å². The second kappa shape index (κ2) is 5.33. The molecule has 2 N–H and O–H groups in total. The zero-order chi connectivity index (χ0) is 16.8. The number of sulfonamides is 2. The van der Waals surface area contributed by atoms with E-state index in [1.807, 2.05) is 19.1 Å². The molecule has 1 atom stereocenters. The summed E-state index contributed by atoms with van der Waals surface area (Å²) in [5.74, 6) is 0. The highest BCUT2D eigenvalue weighted by atomic mass is 32.2. The molecule has 2 aromatic rings. The third-order valence-electron chi connectivity index (χ3n) is 3.84. The number of anilines is 1. The smallest absolute Gasteiger partial charge is 0.263 e. The van der Waals surface area contributed by atoms with Crippen molar-refractivity contribution in [3.8, 4) is 0 Å². The van der Waals surface area contributed by atoms with E-state index in [1.54, 1.807) is 12.1 Å². The average molecular weight is 352 g/mol. The fourth-order valence-electron chi connectivity index (χ4n) is 2.83. The lowest BCUT2D eigenvalue weighted by Gasteiger charge is -2.24. The predicted molar refractivity (Wildman–Crippen MR) is 87.1 cm³/mol. The predicted octanol–water partition coefficient (Wildman–Crippen LogP) is 1.47. The minimum Gasteiger partial charge on any atom is -0.263 e. The van der Waals surface area contributed by atoms with E-state index in [0.29, 0.717) is 12.1 Å². The van der Waals surface area contributed by atoms with Gasteiger partial charge < -0.3 is 0 Å². The maximum atomic E-state index is 13.0. The molecule has 0 spiro atoms. The molecule has 0 saturated heterocycles. The molecular weight excluding hydrogens is 336 g/mol. The van der Waals surface area contributed by atoms with E-state index >= 15 is 0 Å². The lowest BCUT2D eigenvalue weighted by Crippen LogP contribution is -2.35. The van der Waals surface area contributed by atoms with Gasteiger partial charge in [-0.05, 0) is 43.2 Å². The molecular formula is C15H16N2O4S2. The van der Waals surface area contributed by atoms with Crippen LogP contribution in [0.25, 0.3) is 0 Å².